The van der Waals surface area contributed by atoms with Crippen molar-refractivity contribution in [3.05, 3.63) is 35.6 Å². The average molecular weight is 218 g/mol. The van der Waals surface area contributed by atoms with E-state index in [4.69, 9.17) is 5.26 Å². The van der Waals surface area contributed by atoms with Crippen molar-refractivity contribution in [3.8, 4) is 6.07 Å². The highest BCUT2D eigenvalue weighted by atomic mass is 19.1. The fraction of sp³-hybridized carbons (Fsp3) is 0.333. The Kier molecular flexibility index (Phi) is 2.86. The molecule has 0 aromatic heterocycles. The van der Waals surface area contributed by atoms with Crippen molar-refractivity contribution in [2.45, 2.75) is 18.9 Å². The molecule has 2 rings (SSSR count). The molecule has 4 heteroatoms. The lowest BCUT2D eigenvalue weighted by atomic mass is 10.2. The van der Waals surface area contributed by atoms with Gasteiger partial charge in [-0.25, -0.2) is 4.39 Å². The number of nitrogens with zero attached hydrogens (tertiary/aromatic N) is 2. The number of carbonyl (C=O) groups excluding carboxylic acids is 1. The Morgan fingerprint density at radius 2 is 2.06 bits per heavy atom. The number of carbonyl (C=O) groups is 1. The van der Waals surface area contributed by atoms with Gasteiger partial charge in [0.25, 0.3) is 5.91 Å². The molecule has 0 bridgehead atoms. The van der Waals surface area contributed by atoms with Crippen molar-refractivity contribution >= 4 is 5.91 Å². The van der Waals surface area contributed by atoms with E-state index in [1.165, 1.54) is 24.3 Å². The van der Waals surface area contributed by atoms with Crippen LogP contribution in [-0.4, -0.2) is 23.4 Å². The van der Waals surface area contributed by atoms with Gasteiger partial charge >= 0.3 is 0 Å². The molecule has 3 nitrogen and oxygen atoms in total. The highest BCUT2D eigenvalue weighted by Gasteiger charge is 2.32. The molecular formula is C12H11FN2O. The van der Waals surface area contributed by atoms with E-state index in [2.05, 4.69) is 0 Å². The molecule has 0 radical (unpaired) electrons. The normalized spacial score (nSPS) is 14.2. The second-order valence-corrected chi connectivity index (χ2v) is 3.83. The molecule has 0 spiro atoms. The van der Waals surface area contributed by atoms with Gasteiger partial charge in [-0.05, 0) is 37.1 Å². The topological polar surface area (TPSA) is 44.1 Å². The summed E-state index contributed by atoms with van der Waals surface area (Å²) in [5.74, 6) is -0.557. The first-order valence-electron chi connectivity index (χ1n) is 5.16. The van der Waals surface area contributed by atoms with Crippen LogP contribution in [-0.2, 0) is 0 Å². The number of rotatable bonds is 3. The van der Waals surface area contributed by atoms with Gasteiger partial charge in [0, 0.05) is 11.6 Å². The van der Waals surface area contributed by atoms with E-state index in [1.54, 1.807) is 4.90 Å². The molecule has 16 heavy (non-hydrogen) atoms. The Hall–Kier alpha value is -1.89. The van der Waals surface area contributed by atoms with Gasteiger partial charge in [0.2, 0.25) is 0 Å². The molecule has 1 fully saturated rings. The van der Waals surface area contributed by atoms with E-state index >= 15 is 0 Å². The molecule has 1 aliphatic rings. The molecule has 0 heterocycles. The zero-order valence-corrected chi connectivity index (χ0v) is 8.69. The highest BCUT2D eigenvalue weighted by molar-refractivity contribution is 5.94. The predicted octanol–water partition coefficient (Wildman–Crippen LogP) is 1.95. The molecule has 0 atom stereocenters. The molecule has 82 valence electrons. The molecule has 0 N–H and O–H groups in total. The maximum absolute atomic E-state index is 12.7. The largest absolute Gasteiger partial charge is 0.322 e. The Labute approximate surface area is 93.1 Å². The number of benzene rings is 1. The van der Waals surface area contributed by atoms with Gasteiger partial charge in [-0.1, -0.05) is 0 Å². The Balaban J connectivity index is 2.16. The molecule has 1 aromatic carbocycles. The quantitative estimate of drug-likeness (QED) is 0.728. The highest BCUT2D eigenvalue weighted by Crippen LogP contribution is 2.27. The van der Waals surface area contributed by atoms with Crippen LogP contribution in [0.1, 0.15) is 23.2 Å². The van der Waals surface area contributed by atoms with Crippen LogP contribution in [0.5, 0.6) is 0 Å². The fourth-order valence-corrected chi connectivity index (χ4v) is 1.59. The molecule has 1 aromatic rings. The Morgan fingerprint density at radius 1 is 1.44 bits per heavy atom. The number of hydrogen-bond donors (Lipinski definition) is 0. The van der Waals surface area contributed by atoms with Gasteiger partial charge in [0.1, 0.15) is 12.4 Å². The monoisotopic (exact) mass is 218 g/mol. The number of hydrogen-bond acceptors (Lipinski definition) is 2. The summed E-state index contributed by atoms with van der Waals surface area (Å²) < 4.78 is 12.7. The van der Waals surface area contributed by atoms with Crippen LogP contribution in [0.25, 0.3) is 0 Å². The van der Waals surface area contributed by atoms with Crippen molar-refractivity contribution in [2.24, 2.45) is 0 Å². The van der Waals surface area contributed by atoms with Crippen LogP contribution >= 0.6 is 0 Å². The lowest BCUT2D eigenvalue weighted by Gasteiger charge is -2.18. The lowest BCUT2D eigenvalue weighted by Crippen LogP contribution is -2.33. The number of nitriles is 1. The molecule has 1 saturated carbocycles. The first-order valence-corrected chi connectivity index (χ1v) is 5.16. The third-order valence-electron chi connectivity index (χ3n) is 2.58. The molecule has 0 aliphatic heterocycles. The van der Waals surface area contributed by atoms with Crippen molar-refractivity contribution < 1.29 is 9.18 Å². The summed E-state index contributed by atoms with van der Waals surface area (Å²) in [4.78, 5) is 13.5. The summed E-state index contributed by atoms with van der Waals surface area (Å²) in [7, 11) is 0. The maximum atomic E-state index is 12.7. The van der Waals surface area contributed by atoms with E-state index in [9.17, 15) is 9.18 Å². The zero-order chi connectivity index (χ0) is 11.5. The van der Waals surface area contributed by atoms with Crippen molar-refractivity contribution in [2.75, 3.05) is 6.54 Å². The number of halogens is 1. The summed E-state index contributed by atoms with van der Waals surface area (Å²) in [6.07, 6.45) is 1.91. The van der Waals surface area contributed by atoms with Crippen LogP contribution in [0.2, 0.25) is 0 Å². The van der Waals surface area contributed by atoms with Gasteiger partial charge in [0.15, 0.2) is 0 Å². The molecule has 0 saturated heterocycles. The molecule has 1 aliphatic carbocycles. The standard InChI is InChI=1S/C12H11FN2O/c13-10-3-1-9(2-4-10)12(16)15(8-7-14)11-5-6-11/h1-4,11H,5-6,8H2. The summed E-state index contributed by atoms with van der Waals surface area (Å²) in [6.45, 7) is 0.0981. The van der Waals surface area contributed by atoms with E-state index in [0.717, 1.165) is 12.8 Å². The van der Waals surface area contributed by atoms with E-state index in [0.29, 0.717) is 5.56 Å². The minimum absolute atomic E-state index is 0.0981. The van der Waals surface area contributed by atoms with Gasteiger partial charge in [-0.2, -0.15) is 5.26 Å². The average Bonchev–Trinajstić information content (AvgIpc) is 3.10. The fourth-order valence-electron chi connectivity index (χ4n) is 1.59. The third kappa shape index (κ3) is 2.19. The van der Waals surface area contributed by atoms with Gasteiger partial charge in [0.05, 0.1) is 6.07 Å². The van der Waals surface area contributed by atoms with Gasteiger partial charge in [-0.15, -0.1) is 0 Å². The maximum Gasteiger partial charge on any atom is 0.254 e. The molecular weight excluding hydrogens is 207 g/mol. The van der Waals surface area contributed by atoms with E-state index in [1.807, 2.05) is 6.07 Å². The SMILES string of the molecule is N#CCN(C(=O)c1ccc(F)cc1)C1CC1. The minimum atomic E-state index is -0.366. The smallest absolute Gasteiger partial charge is 0.254 e. The number of amides is 1. The second kappa shape index (κ2) is 4.31. The van der Waals surface area contributed by atoms with Crippen molar-refractivity contribution in [3.63, 3.8) is 0 Å². The van der Waals surface area contributed by atoms with Crippen molar-refractivity contribution in [1.29, 1.82) is 5.26 Å². The summed E-state index contributed by atoms with van der Waals surface area (Å²) in [5, 5.41) is 8.65. The van der Waals surface area contributed by atoms with Crippen molar-refractivity contribution in [1.82, 2.24) is 4.90 Å². The predicted molar refractivity (Wildman–Crippen MR) is 56.1 cm³/mol. The zero-order valence-electron chi connectivity index (χ0n) is 8.69. The summed E-state index contributed by atoms with van der Waals surface area (Å²) in [5.41, 5.74) is 0.434. The first kappa shape index (κ1) is 10.6. The lowest BCUT2D eigenvalue weighted by molar-refractivity contribution is 0.0765. The van der Waals surface area contributed by atoms with Crippen LogP contribution < -0.4 is 0 Å². The summed E-state index contributed by atoms with van der Waals surface area (Å²) >= 11 is 0. The van der Waals surface area contributed by atoms with E-state index < -0.39 is 0 Å². The minimum Gasteiger partial charge on any atom is -0.322 e. The van der Waals surface area contributed by atoms with Gasteiger partial charge in [-0.3, -0.25) is 4.79 Å². The first-order chi connectivity index (χ1) is 7.72. The van der Waals surface area contributed by atoms with Crippen LogP contribution in [0.15, 0.2) is 24.3 Å². The second-order valence-electron chi connectivity index (χ2n) is 3.83. The van der Waals surface area contributed by atoms with Crippen LogP contribution in [0.3, 0.4) is 0 Å². The van der Waals surface area contributed by atoms with Crippen LogP contribution in [0, 0.1) is 17.1 Å². The van der Waals surface area contributed by atoms with Crippen LogP contribution in [0.4, 0.5) is 4.39 Å². The third-order valence-corrected chi connectivity index (χ3v) is 2.58. The summed E-state index contributed by atoms with van der Waals surface area (Å²) in [6, 6.07) is 7.58. The molecule has 1 amide bonds. The van der Waals surface area contributed by atoms with Gasteiger partial charge < -0.3 is 4.90 Å². The van der Waals surface area contributed by atoms with E-state index in [-0.39, 0.29) is 24.3 Å². The Bertz CT molecular complexity index is 431. The Morgan fingerprint density at radius 3 is 2.56 bits per heavy atom. The molecule has 0 unspecified atom stereocenters.